The number of hydrogen-bond acceptors (Lipinski definition) is 4. The number of amides is 1. The number of halogens is 1. The van der Waals surface area contributed by atoms with Crippen molar-refractivity contribution in [3.63, 3.8) is 0 Å². The molecule has 0 aromatic carbocycles. The summed E-state index contributed by atoms with van der Waals surface area (Å²) in [5.74, 6) is -0.0892. The van der Waals surface area contributed by atoms with Gasteiger partial charge in [0.25, 0.3) is 15.0 Å². The fourth-order valence-corrected chi connectivity index (χ4v) is 3.87. The Morgan fingerprint density at radius 2 is 2.15 bits per heavy atom. The molecule has 0 spiro atoms. The first-order valence-corrected chi connectivity index (χ1v) is 8.94. The molecule has 1 fully saturated rings. The lowest BCUT2D eigenvalue weighted by Crippen LogP contribution is -2.39. The van der Waals surface area contributed by atoms with Crippen LogP contribution < -0.4 is 0 Å². The first kappa shape index (κ1) is 15.4. The molecule has 1 aliphatic heterocycles. The highest BCUT2D eigenvalue weighted by Crippen LogP contribution is 2.30. The van der Waals surface area contributed by atoms with Crippen molar-refractivity contribution in [2.75, 3.05) is 0 Å². The van der Waals surface area contributed by atoms with Crippen LogP contribution in [0.15, 0.2) is 15.4 Å². The molecular weight excluding hydrogens is 302 g/mol. The van der Waals surface area contributed by atoms with Crippen molar-refractivity contribution in [3.8, 4) is 0 Å². The van der Waals surface area contributed by atoms with E-state index in [0.717, 1.165) is 19.3 Å². The molecule has 2 heterocycles. The lowest BCUT2D eigenvalue weighted by molar-refractivity contribution is 0.0642. The van der Waals surface area contributed by atoms with Crippen molar-refractivity contribution in [1.82, 2.24) is 4.90 Å². The van der Waals surface area contributed by atoms with E-state index in [1.165, 1.54) is 13.0 Å². The van der Waals surface area contributed by atoms with Gasteiger partial charge in [-0.15, -0.1) is 0 Å². The van der Waals surface area contributed by atoms with Gasteiger partial charge in [0.05, 0.1) is 0 Å². The van der Waals surface area contributed by atoms with Crippen molar-refractivity contribution < 1.29 is 17.6 Å². The van der Waals surface area contributed by atoms with Crippen molar-refractivity contribution in [1.29, 1.82) is 0 Å². The predicted molar refractivity (Wildman–Crippen MR) is 75.4 cm³/mol. The molecule has 20 heavy (non-hydrogen) atoms. The highest BCUT2D eigenvalue weighted by Gasteiger charge is 2.35. The van der Waals surface area contributed by atoms with Crippen LogP contribution in [0.2, 0.25) is 0 Å². The summed E-state index contributed by atoms with van der Waals surface area (Å²) < 4.78 is 28.1. The van der Waals surface area contributed by atoms with E-state index >= 15 is 0 Å². The van der Waals surface area contributed by atoms with E-state index in [0.29, 0.717) is 0 Å². The zero-order chi connectivity index (χ0) is 15.1. The van der Waals surface area contributed by atoms with E-state index in [1.54, 1.807) is 4.90 Å². The maximum Gasteiger partial charge on any atom is 0.290 e. The summed E-state index contributed by atoms with van der Waals surface area (Å²) in [6.45, 7) is 5.50. The van der Waals surface area contributed by atoms with Gasteiger partial charge in [0.1, 0.15) is 10.7 Å². The van der Waals surface area contributed by atoms with Crippen LogP contribution in [-0.4, -0.2) is 31.3 Å². The minimum atomic E-state index is -3.89. The van der Waals surface area contributed by atoms with E-state index in [1.807, 2.05) is 13.8 Å². The zero-order valence-electron chi connectivity index (χ0n) is 11.7. The molecule has 2 rings (SSSR count). The third-order valence-corrected chi connectivity index (χ3v) is 5.27. The topological polar surface area (TPSA) is 67.6 Å². The van der Waals surface area contributed by atoms with Gasteiger partial charge in [-0.05, 0) is 33.1 Å². The van der Waals surface area contributed by atoms with Gasteiger partial charge in [-0.1, -0.05) is 6.92 Å². The van der Waals surface area contributed by atoms with Crippen molar-refractivity contribution in [3.05, 3.63) is 17.6 Å². The second-order valence-electron chi connectivity index (χ2n) is 5.17. The number of rotatable bonds is 3. The average molecular weight is 320 g/mol. The van der Waals surface area contributed by atoms with E-state index < -0.39 is 9.05 Å². The highest BCUT2D eigenvalue weighted by molar-refractivity contribution is 8.13. The van der Waals surface area contributed by atoms with Crippen LogP contribution in [0.5, 0.6) is 0 Å². The Kier molecular flexibility index (Phi) is 4.16. The predicted octanol–water partition coefficient (Wildman–Crippen LogP) is 2.92. The SMILES string of the molecule is CCC1CCC(C)N1C(=O)c1cc(S(=O)(=O)Cl)c(C)o1. The molecule has 1 aliphatic rings. The molecule has 1 aromatic rings. The van der Waals surface area contributed by atoms with Gasteiger partial charge in [0, 0.05) is 28.8 Å². The van der Waals surface area contributed by atoms with E-state index in [4.69, 9.17) is 15.1 Å². The quantitative estimate of drug-likeness (QED) is 0.803. The Labute approximate surface area is 123 Å². The molecule has 1 amide bonds. The van der Waals surface area contributed by atoms with Gasteiger partial charge in [-0.25, -0.2) is 8.42 Å². The molecule has 5 nitrogen and oxygen atoms in total. The summed E-state index contributed by atoms with van der Waals surface area (Å²) in [5.41, 5.74) is 0. The van der Waals surface area contributed by atoms with Crippen molar-refractivity contribution in [2.45, 2.75) is 57.0 Å². The van der Waals surface area contributed by atoms with Gasteiger partial charge in [0.2, 0.25) is 0 Å². The van der Waals surface area contributed by atoms with Gasteiger partial charge in [-0.2, -0.15) is 0 Å². The number of furan rings is 1. The summed E-state index contributed by atoms with van der Waals surface area (Å²) in [6.07, 6.45) is 2.78. The number of carbonyl (C=O) groups is 1. The molecule has 1 saturated heterocycles. The first-order chi connectivity index (χ1) is 9.25. The maximum atomic E-state index is 12.5. The lowest BCUT2D eigenvalue weighted by atomic mass is 10.1. The van der Waals surface area contributed by atoms with Crippen molar-refractivity contribution in [2.24, 2.45) is 0 Å². The Hall–Kier alpha value is -1.01. The molecular formula is C13H18ClNO4S. The second-order valence-corrected chi connectivity index (χ2v) is 7.70. The van der Waals surface area contributed by atoms with Crippen LogP contribution in [0.1, 0.15) is 49.4 Å². The van der Waals surface area contributed by atoms with Gasteiger partial charge < -0.3 is 9.32 Å². The molecule has 0 N–H and O–H groups in total. The summed E-state index contributed by atoms with van der Waals surface area (Å²) in [7, 11) is 1.42. The molecule has 2 unspecified atom stereocenters. The van der Waals surface area contributed by atoms with Gasteiger partial charge in [-0.3, -0.25) is 4.79 Å². The van der Waals surface area contributed by atoms with Crippen LogP contribution in [-0.2, 0) is 9.05 Å². The number of likely N-dealkylation sites (tertiary alicyclic amines) is 1. The summed E-state index contributed by atoms with van der Waals surface area (Å²) in [4.78, 5) is 14.2. The number of aryl methyl sites for hydroxylation is 1. The average Bonchev–Trinajstić information content (AvgIpc) is 2.91. The zero-order valence-corrected chi connectivity index (χ0v) is 13.3. The summed E-state index contributed by atoms with van der Waals surface area (Å²) in [5, 5.41) is 0. The van der Waals surface area contributed by atoms with Gasteiger partial charge in [0.15, 0.2) is 5.76 Å². The fourth-order valence-electron chi connectivity index (χ4n) is 2.78. The lowest BCUT2D eigenvalue weighted by Gasteiger charge is -2.26. The third kappa shape index (κ3) is 2.72. The third-order valence-electron chi connectivity index (χ3n) is 3.84. The fraction of sp³-hybridized carbons (Fsp3) is 0.615. The Balaban J connectivity index is 2.35. The highest BCUT2D eigenvalue weighted by atomic mass is 35.7. The normalized spacial score (nSPS) is 23.3. The molecule has 0 saturated carbocycles. The van der Waals surface area contributed by atoms with E-state index in [2.05, 4.69) is 0 Å². The monoisotopic (exact) mass is 319 g/mol. The molecule has 0 bridgehead atoms. The minimum absolute atomic E-state index is 0.0360. The van der Waals surface area contributed by atoms with Crippen LogP contribution >= 0.6 is 10.7 Å². The number of hydrogen-bond donors (Lipinski definition) is 0. The Morgan fingerprint density at radius 1 is 1.50 bits per heavy atom. The van der Waals surface area contributed by atoms with Crippen LogP contribution in [0.4, 0.5) is 0 Å². The van der Waals surface area contributed by atoms with E-state index in [-0.39, 0.29) is 34.4 Å². The summed E-state index contributed by atoms with van der Waals surface area (Å²) >= 11 is 0. The van der Waals surface area contributed by atoms with Gasteiger partial charge >= 0.3 is 0 Å². The Morgan fingerprint density at radius 3 is 2.65 bits per heavy atom. The second kappa shape index (κ2) is 5.41. The molecule has 2 atom stereocenters. The first-order valence-electron chi connectivity index (χ1n) is 6.63. The largest absolute Gasteiger partial charge is 0.455 e. The summed E-state index contributed by atoms with van der Waals surface area (Å²) in [6, 6.07) is 1.53. The maximum absolute atomic E-state index is 12.5. The van der Waals surface area contributed by atoms with Crippen LogP contribution in [0.25, 0.3) is 0 Å². The van der Waals surface area contributed by atoms with Crippen LogP contribution in [0, 0.1) is 6.92 Å². The number of nitrogens with zero attached hydrogens (tertiary/aromatic N) is 1. The van der Waals surface area contributed by atoms with Crippen LogP contribution in [0.3, 0.4) is 0 Å². The molecule has 0 aliphatic carbocycles. The molecule has 7 heteroatoms. The minimum Gasteiger partial charge on any atom is -0.455 e. The molecule has 112 valence electrons. The standard InChI is InChI=1S/C13H18ClNO4S/c1-4-10-6-5-8(2)15(10)13(16)11-7-12(9(3)19-11)20(14,17)18/h7-8,10H,4-6H2,1-3H3. The Bertz CT molecular complexity index is 622. The van der Waals surface area contributed by atoms with E-state index in [9.17, 15) is 13.2 Å². The van der Waals surface area contributed by atoms with Crippen molar-refractivity contribution >= 4 is 25.6 Å². The molecule has 0 radical (unpaired) electrons. The molecule has 1 aromatic heterocycles. The smallest absolute Gasteiger partial charge is 0.290 e. The number of carbonyl (C=O) groups excluding carboxylic acids is 1.